The van der Waals surface area contributed by atoms with E-state index in [1.165, 1.54) is 10.7 Å². The van der Waals surface area contributed by atoms with Gasteiger partial charge < -0.3 is 10.6 Å². The van der Waals surface area contributed by atoms with Gasteiger partial charge in [0.1, 0.15) is 4.83 Å². The fourth-order valence-corrected chi connectivity index (χ4v) is 3.96. The number of nitrogens with one attached hydrogen (secondary N) is 2. The van der Waals surface area contributed by atoms with Crippen molar-refractivity contribution in [3.05, 3.63) is 47.0 Å². The standard InChI is InChI=1S/C19H17F3N4O2S/c20-19(21,22)15-13-10-14(17(28)24-9-8-23-16(27)11-6-7-11)29-18(13)26(25-15)12-4-2-1-3-5-12/h1-5,10-11H,6-9H2,(H,23,27)(H,24,28). The first-order valence-corrected chi connectivity index (χ1v) is 9.87. The minimum Gasteiger partial charge on any atom is -0.354 e. The number of aromatic nitrogens is 2. The van der Waals surface area contributed by atoms with Crippen molar-refractivity contribution in [2.75, 3.05) is 13.1 Å². The zero-order chi connectivity index (χ0) is 20.6. The van der Waals surface area contributed by atoms with Gasteiger partial charge in [0.15, 0.2) is 5.69 Å². The van der Waals surface area contributed by atoms with Crippen LogP contribution in [0.3, 0.4) is 0 Å². The molecule has 0 atom stereocenters. The molecule has 0 unspecified atom stereocenters. The summed E-state index contributed by atoms with van der Waals surface area (Å²) in [5.74, 6) is -0.437. The predicted molar refractivity (Wildman–Crippen MR) is 102 cm³/mol. The normalized spacial score (nSPS) is 14.2. The van der Waals surface area contributed by atoms with Crippen LogP contribution in [0.15, 0.2) is 36.4 Å². The van der Waals surface area contributed by atoms with Gasteiger partial charge in [-0.15, -0.1) is 11.3 Å². The average molecular weight is 422 g/mol. The van der Waals surface area contributed by atoms with Gasteiger partial charge in [0.2, 0.25) is 5.91 Å². The summed E-state index contributed by atoms with van der Waals surface area (Å²) in [5, 5.41) is 8.97. The van der Waals surface area contributed by atoms with Gasteiger partial charge in [-0.05, 0) is 31.0 Å². The maximum atomic E-state index is 13.4. The van der Waals surface area contributed by atoms with E-state index in [1.807, 2.05) is 0 Å². The van der Waals surface area contributed by atoms with E-state index in [1.54, 1.807) is 30.3 Å². The molecular weight excluding hydrogens is 405 g/mol. The Kier molecular flexibility index (Phi) is 5.03. The molecule has 152 valence electrons. The van der Waals surface area contributed by atoms with Gasteiger partial charge >= 0.3 is 6.18 Å². The lowest BCUT2D eigenvalue weighted by molar-refractivity contribution is -0.140. The first-order valence-electron chi connectivity index (χ1n) is 9.05. The summed E-state index contributed by atoms with van der Waals surface area (Å²) in [6, 6.07) is 9.67. The first-order chi connectivity index (χ1) is 13.8. The largest absolute Gasteiger partial charge is 0.435 e. The fraction of sp³-hybridized carbons (Fsp3) is 0.316. The summed E-state index contributed by atoms with van der Waals surface area (Å²) in [5.41, 5.74) is -0.548. The Hall–Kier alpha value is -2.88. The number of para-hydroxylation sites is 1. The fourth-order valence-electron chi connectivity index (χ4n) is 2.91. The van der Waals surface area contributed by atoms with Crippen LogP contribution in [-0.4, -0.2) is 34.7 Å². The van der Waals surface area contributed by atoms with Gasteiger partial charge in [-0.2, -0.15) is 18.3 Å². The Bertz CT molecular complexity index is 1050. The Morgan fingerprint density at radius 2 is 1.83 bits per heavy atom. The van der Waals surface area contributed by atoms with Crippen molar-refractivity contribution in [2.24, 2.45) is 5.92 Å². The van der Waals surface area contributed by atoms with Crippen LogP contribution in [0, 0.1) is 5.92 Å². The van der Waals surface area contributed by atoms with Gasteiger partial charge in [0, 0.05) is 24.4 Å². The van der Waals surface area contributed by atoms with Crippen LogP contribution in [0.1, 0.15) is 28.2 Å². The highest BCUT2D eigenvalue weighted by molar-refractivity contribution is 7.20. The number of halogens is 3. The molecule has 1 aliphatic carbocycles. The highest BCUT2D eigenvalue weighted by Crippen LogP contribution is 2.38. The summed E-state index contributed by atoms with van der Waals surface area (Å²) < 4.78 is 41.5. The zero-order valence-electron chi connectivity index (χ0n) is 15.1. The summed E-state index contributed by atoms with van der Waals surface area (Å²) in [6.07, 6.45) is -2.86. The van der Waals surface area contributed by atoms with Gasteiger partial charge in [-0.3, -0.25) is 9.59 Å². The van der Waals surface area contributed by atoms with Crippen molar-refractivity contribution in [3.8, 4) is 5.69 Å². The van der Waals surface area contributed by atoms with E-state index in [0.29, 0.717) is 5.69 Å². The molecule has 1 aliphatic rings. The number of fused-ring (bicyclic) bond motifs is 1. The van der Waals surface area contributed by atoms with Crippen LogP contribution in [0.5, 0.6) is 0 Å². The third-order valence-corrected chi connectivity index (χ3v) is 5.62. The molecular formula is C19H17F3N4O2S. The van der Waals surface area contributed by atoms with Crippen molar-refractivity contribution in [1.29, 1.82) is 0 Å². The van der Waals surface area contributed by atoms with Crippen molar-refractivity contribution in [2.45, 2.75) is 19.0 Å². The molecule has 1 saturated carbocycles. The molecule has 1 aromatic carbocycles. The molecule has 0 spiro atoms. The Labute approximate surface area is 167 Å². The van der Waals surface area contributed by atoms with Gasteiger partial charge in [0.05, 0.1) is 10.6 Å². The van der Waals surface area contributed by atoms with Crippen LogP contribution in [-0.2, 0) is 11.0 Å². The summed E-state index contributed by atoms with van der Waals surface area (Å²) in [4.78, 5) is 24.4. The molecule has 6 nitrogen and oxygen atoms in total. The molecule has 29 heavy (non-hydrogen) atoms. The highest BCUT2D eigenvalue weighted by atomic mass is 32.1. The third kappa shape index (κ3) is 4.12. The van der Waals surface area contributed by atoms with E-state index in [4.69, 9.17) is 0 Å². The molecule has 3 aromatic rings. The number of carbonyl (C=O) groups is 2. The van der Waals surface area contributed by atoms with Crippen LogP contribution in [0.4, 0.5) is 13.2 Å². The van der Waals surface area contributed by atoms with Crippen molar-refractivity contribution in [1.82, 2.24) is 20.4 Å². The second-order valence-electron chi connectivity index (χ2n) is 6.74. The number of carbonyl (C=O) groups excluding carboxylic acids is 2. The monoisotopic (exact) mass is 422 g/mol. The number of hydrogen-bond donors (Lipinski definition) is 2. The number of nitrogens with zero attached hydrogens (tertiary/aromatic N) is 2. The molecule has 1 fully saturated rings. The second-order valence-corrected chi connectivity index (χ2v) is 7.78. The lowest BCUT2D eigenvalue weighted by atomic mass is 10.2. The lowest BCUT2D eigenvalue weighted by Gasteiger charge is -2.06. The molecule has 0 bridgehead atoms. The quantitative estimate of drug-likeness (QED) is 0.598. The third-order valence-electron chi connectivity index (χ3n) is 4.51. The topological polar surface area (TPSA) is 76.0 Å². The van der Waals surface area contributed by atoms with Crippen LogP contribution in [0.2, 0.25) is 0 Å². The van der Waals surface area contributed by atoms with Gasteiger partial charge in [-0.1, -0.05) is 18.2 Å². The van der Waals surface area contributed by atoms with Crippen molar-refractivity contribution < 1.29 is 22.8 Å². The first kappa shape index (κ1) is 19.4. The molecule has 2 heterocycles. The van der Waals surface area contributed by atoms with Gasteiger partial charge in [0.25, 0.3) is 5.91 Å². The van der Waals surface area contributed by atoms with E-state index in [-0.39, 0.29) is 40.0 Å². The van der Waals surface area contributed by atoms with E-state index in [0.717, 1.165) is 24.2 Å². The summed E-state index contributed by atoms with van der Waals surface area (Å²) in [7, 11) is 0. The molecule has 4 rings (SSSR count). The van der Waals surface area contributed by atoms with Crippen LogP contribution >= 0.6 is 11.3 Å². The van der Waals surface area contributed by atoms with Crippen molar-refractivity contribution >= 4 is 33.4 Å². The number of rotatable bonds is 6. The average Bonchev–Trinajstić information content (AvgIpc) is 3.34. The molecule has 10 heteroatoms. The van der Waals surface area contributed by atoms with Crippen LogP contribution in [0.25, 0.3) is 15.9 Å². The zero-order valence-corrected chi connectivity index (χ0v) is 15.9. The Morgan fingerprint density at radius 1 is 1.14 bits per heavy atom. The van der Waals surface area contributed by atoms with E-state index in [9.17, 15) is 22.8 Å². The molecule has 0 aliphatic heterocycles. The highest BCUT2D eigenvalue weighted by Gasteiger charge is 2.38. The van der Waals surface area contributed by atoms with E-state index in [2.05, 4.69) is 15.7 Å². The second kappa shape index (κ2) is 7.51. The number of benzene rings is 1. The Balaban J connectivity index is 1.55. The minimum absolute atomic E-state index is 0.0288. The maximum absolute atomic E-state index is 13.4. The number of thiophene rings is 1. The molecule has 2 aromatic heterocycles. The Morgan fingerprint density at radius 3 is 2.48 bits per heavy atom. The van der Waals surface area contributed by atoms with Gasteiger partial charge in [-0.25, -0.2) is 4.68 Å². The summed E-state index contributed by atoms with van der Waals surface area (Å²) in [6.45, 7) is 0.472. The van der Waals surface area contributed by atoms with Crippen molar-refractivity contribution in [3.63, 3.8) is 0 Å². The smallest absolute Gasteiger partial charge is 0.354 e. The number of alkyl halides is 3. The molecule has 0 saturated heterocycles. The maximum Gasteiger partial charge on any atom is 0.435 e. The van der Waals surface area contributed by atoms with Crippen LogP contribution < -0.4 is 10.6 Å². The number of amides is 2. The lowest BCUT2D eigenvalue weighted by Crippen LogP contribution is -2.35. The predicted octanol–water partition coefficient (Wildman–Crippen LogP) is 3.36. The SMILES string of the molecule is O=C(NCCNC(=O)C1CC1)c1cc2c(C(F)(F)F)nn(-c3ccccc3)c2s1. The van der Waals surface area contributed by atoms with E-state index < -0.39 is 17.8 Å². The minimum atomic E-state index is -4.64. The molecule has 2 N–H and O–H groups in total. The molecule has 2 amide bonds. The van der Waals surface area contributed by atoms with E-state index >= 15 is 0 Å². The molecule has 0 radical (unpaired) electrons. The summed E-state index contributed by atoms with van der Waals surface area (Å²) >= 11 is 0.944. The number of hydrogen-bond acceptors (Lipinski definition) is 4.